The highest BCUT2D eigenvalue weighted by atomic mass is 16.5. The third-order valence-electron chi connectivity index (χ3n) is 3.85. The summed E-state index contributed by atoms with van der Waals surface area (Å²) < 4.78 is 7.05. The van der Waals surface area contributed by atoms with Crippen molar-refractivity contribution in [3.8, 4) is 23.8 Å². The second-order valence-electron chi connectivity index (χ2n) is 5.74. The van der Waals surface area contributed by atoms with E-state index in [2.05, 4.69) is 21.7 Å². The highest BCUT2D eigenvalue weighted by Gasteiger charge is 2.07. The lowest BCUT2D eigenvalue weighted by Crippen LogP contribution is -2.30. The van der Waals surface area contributed by atoms with Gasteiger partial charge >= 0.3 is 6.03 Å². The molecule has 6 nitrogen and oxygen atoms in total. The first kappa shape index (κ1) is 18.1. The van der Waals surface area contributed by atoms with E-state index >= 15 is 0 Å². The van der Waals surface area contributed by atoms with Gasteiger partial charge in [-0.25, -0.2) is 9.48 Å². The number of nitrogens with one attached hydrogen (secondary N) is 2. The van der Waals surface area contributed by atoms with E-state index in [9.17, 15) is 4.79 Å². The lowest BCUT2D eigenvalue weighted by molar-refractivity contribution is 0.252. The third-order valence-corrected chi connectivity index (χ3v) is 3.85. The second kappa shape index (κ2) is 9.11. The van der Waals surface area contributed by atoms with Crippen LogP contribution >= 0.6 is 0 Å². The molecule has 1 aromatic heterocycles. The monoisotopic (exact) mass is 360 g/mol. The van der Waals surface area contributed by atoms with Crippen molar-refractivity contribution in [2.45, 2.75) is 6.42 Å². The number of urea groups is 1. The first-order valence-corrected chi connectivity index (χ1v) is 8.55. The van der Waals surface area contributed by atoms with Crippen molar-refractivity contribution in [3.63, 3.8) is 0 Å². The van der Waals surface area contributed by atoms with Gasteiger partial charge in [-0.2, -0.15) is 5.10 Å². The molecule has 3 rings (SSSR count). The van der Waals surface area contributed by atoms with Crippen LogP contribution in [0.15, 0.2) is 67.0 Å². The molecule has 3 aromatic rings. The number of carbonyl (C=O) groups excluding carboxylic acids is 1. The number of carbonyl (C=O) groups is 1. The number of terminal acetylenes is 1. The number of aromatic nitrogens is 2. The van der Waals surface area contributed by atoms with Gasteiger partial charge in [-0.3, -0.25) is 0 Å². The first-order chi connectivity index (χ1) is 13.3. The Hall–Kier alpha value is -3.72. The Morgan fingerprint density at radius 3 is 2.70 bits per heavy atom. The molecule has 0 spiro atoms. The van der Waals surface area contributed by atoms with Crippen molar-refractivity contribution < 1.29 is 9.53 Å². The summed E-state index contributed by atoms with van der Waals surface area (Å²) in [6.07, 6.45) is 9.40. The number of nitrogens with zero attached hydrogens (tertiary/aromatic N) is 2. The number of benzene rings is 2. The van der Waals surface area contributed by atoms with E-state index in [0.29, 0.717) is 18.7 Å². The third kappa shape index (κ3) is 5.13. The van der Waals surface area contributed by atoms with Crippen LogP contribution in [0.25, 0.3) is 5.69 Å². The number of amides is 2. The Morgan fingerprint density at radius 2 is 1.96 bits per heavy atom. The fraction of sp³-hybridized carbons (Fsp3) is 0.143. The molecule has 0 aliphatic rings. The molecule has 27 heavy (non-hydrogen) atoms. The predicted molar refractivity (Wildman–Crippen MR) is 105 cm³/mol. The largest absolute Gasteiger partial charge is 0.481 e. The second-order valence-corrected chi connectivity index (χ2v) is 5.74. The van der Waals surface area contributed by atoms with E-state index in [0.717, 1.165) is 17.0 Å². The van der Waals surface area contributed by atoms with Crippen LogP contribution in [0, 0.1) is 12.3 Å². The molecule has 0 aliphatic heterocycles. The Kier molecular flexibility index (Phi) is 6.10. The van der Waals surface area contributed by atoms with Gasteiger partial charge < -0.3 is 15.4 Å². The van der Waals surface area contributed by atoms with Gasteiger partial charge in [0, 0.05) is 18.9 Å². The molecule has 0 fully saturated rings. The molecular formula is C21H20N4O2. The summed E-state index contributed by atoms with van der Waals surface area (Å²) in [5.41, 5.74) is 2.59. The molecule has 0 unspecified atom stereocenters. The predicted octanol–water partition coefficient (Wildman–Crippen LogP) is 3.25. The van der Waals surface area contributed by atoms with Crippen LogP contribution in [0.3, 0.4) is 0 Å². The number of anilines is 1. The molecule has 2 aromatic carbocycles. The van der Waals surface area contributed by atoms with Crippen LogP contribution in [-0.4, -0.2) is 29.0 Å². The lowest BCUT2D eigenvalue weighted by atomic mass is 10.1. The molecule has 0 saturated heterocycles. The number of hydrogen-bond donors (Lipinski definition) is 2. The smallest absolute Gasteiger partial charge is 0.319 e. The molecule has 0 atom stereocenters. The van der Waals surface area contributed by atoms with E-state index in [1.165, 1.54) is 0 Å². The van der Waals surface area contributed by atoms with Crippen LogP contribution in [0.1, 0.15) is 5.56 Å². The Morgan fingerprint density at radius 1 is 1.15 bits per heavy atom. The maximum absolute atomic E-state index is 12.2. The summed E-state index contributed by atoms with van der Waals surface area (Å²) in [6, 6.07) is 16.7. The van der Waals surface area contributed by atoms with Crippen LogP contribution in [0.4, 0.5) is 10.5 Å². The van der Waals surface area contributed by atoms with Gasteiger partial charge in [-0.15, -0.1) is 6.42 Å². The number of rotatable bonds is 7. The Labute approximate surface area is 158 Å². The van der Waals surface area contributed by atoms with Crippen molar-refractivity contribution in [2.24, 2.45) is 0 Å². The molecule has 0 radical (unpaired) electrons. The maximum Gasteiger partial charge on any atom is 0.319 e. The first-order valence-electron chi connectivity index (χ1n) is 8.55. The normalized spacial score (nSPS) is 10.0. The van der Waals surface area contributed by atoms with Crippen molar-refractivity contribution in [2.75, 3.05) is 18.5 Å². The molecular weight excluding hydrogens is 340 g/mol. The molecule has 0 aliphatic carbocycles. The minimum absolute atomic E-state index is 0.251. The maximum atomic E-state index is 12.2. The summed E-state index contributed by atoms with van der Waals surface area (Å²) in [5, 5.41) is 9.94. The van der Waals surface area contributed by atoms with Crippen LogP contribution in [0.2, 0.25) is 0 Å². The van der Waals surface area contributed by atoms with Crippen molar-refractivity contribution in [1.82, 2.24) is 15.1 Å². The van der Waals surface area contributed by atoms with E-state index < -0.39 is 0 Å². The number of hydrogen-bond acceptors (Lipinski definition) is 3. The quantitative estimate of drug-likeness (QED) is 0.636. The summed E-state index contributed by atoms with van der Waals surface area (Å²) in [7, 11) is 0. The van der Waals surface area contributed by atoms with Crippen LogP contribution < -0.4 is 15.4 Å². The molecule has 0 saturated carbocycles. The van der Waals surface area contributed by atoms with Gasteiger partial charge in [-0.05, 0) is 42.3 Å². The molecule has 0 bridgehead atoms. The van der Waals surface area contributed by atoms with E-state index in [1.807, 2.05) is 60.8 Å². The van der Waals surface area contributed by atoms with Gasteiger partial charge in [0.25, 0.3) is 0 Å². The van der Waals surface area contributed by atoms with Gasteiger partial charge in [-0.1, -0.05) is 30.2 Å². The molecule has 136 valence electrons. The summed E-state index contributed by atoms with van der Waals surface area (Å²) in [5.74, 6) is 3.16. The van der Waals surface area contributed by atoms with Crippen molar-refractivity contribution in [3.05, 3.63) is 72.6 Å². The SMILES string of the molecule is C#CCOc1ccc(CCNC(=O)Nc2ccccc2-n2cccn2)cc1. The van der Waals surface area contributed by atoms with Crippen molar-refractivity contribution in [1.29, 1.82) is 0 Å². The molecule has 6 heteroatoms. The van der Waals surface area contributed by atoms with Crippen LogP contribution in [0.5, 0.6) is 5.75 Å². The Balaban J connectivity index is 1.50. The molecule has 2 amide bonds. The summed E-state index contributed by atoms with van der Waals surface area (Å²) in [4.78, 5) is 12.2. The van der Waals surface area contributed by atoms with Crippen LogP contribution in [-0.2, 0) is 6.42 Å². The highest BCUT2D eigenvalue weighted by molar-refractivity contribution is 5.91. The minimum Gasteiger partial charge on any atom is -0.481 e. The highest BCUT2D eigenvalue weighted by Crippen LogP contribution is 2.18. The summed E-state index contributed by atoms with van der Waals surface area (Å²) in [6.45, 7) is 0.765. The zero-order valence-electron chi connectivity index (χ0n) is 14.8. The van der Waals surface area contributed by atoms with Gasteiger partial charge in [0.1, 0.15) is 12.4 Å². The molecule has 1 heterocycles. The van der Waals surface area contributed by atoms with Gasteiger partial charge in [0.15, 0.2) is 0 Å². The number of ether oxygens (including phenoxy) is 1. The average molecular weight is 360 g/mol. The number of para-hydroxylation sites is 2. The fourth-order valence-electron chi connectivity index (χ4n) is 2.55. The van der Waals surface area contributed by atoms with Gasteiger partial charge in [0.2, 0.25) is 0 Å². The Bertz CT molecular complexity index is 912. The summed E-state index contributed by atoms with van der Waals surface area (Å²) >= 11 is 0. The van der Waals surface area contributed by atoms with Gasteiger partial charge in [0.05, 0.1) is 11.4 Å². The topological polar surface area (TPSA) is 68.2 Å². The average Bonchev–Trinajstić information content (AvgIpc) is 3.22. The molecule has 2 N–H and O–H groups in total. The van der Waals surface area contributed by atoms with E-state index in [4.69, 9.17) is 11.2 Å². The minimum atomic E-state index is -0.261. The van der Waals surface area contributed by atoms with Crippen molar-refractivity contribution >= 4 is 11.7 Å². The lowest BCUT2D eigenvalue weighted by Gasteiger charge is -2.12. The van der Waals surface area contributed by atoms with E-state index in [1.54, 1.807) is 10.9 Å². The fourth-order valence-corrected chi connectivity index (χ4v) is 2.55. The van der Waals surface area contributed by atoms with E-state index in [-0.39, 0.29) is 12.6 Å². The zero-order chi connectivity index (χ0) is 18.9. The standard InChI is InChI=1S/C21H20N4O2/c1-2-16-27-18-10-8-17(9-11-18)12-14-22-21(26)24-19-6-3-4-7-20(19)25-15-5-13-23-25/h1,3-11,13,15H,12,14,16H2,(H2,22,24,26). The zero-order valence-corrected chi connectivity index (χ0v) is 14.8.